The van der Waals surface area contributed by atoms with Crippen LogP contribution in [0.1, 0.15) is 74.6 Å². The van der Waals surface area contributed by atoms with E-state index >= 15 is 0 Å². The summed E-state index contributed by atoms with van der Waals surface area (Å²) in [4.78, 5) is 28.3. The summed E-state index contributed by atoms with van der Waals surface area (Å²) in [5, 5.41) is 8.72. The van der Waals surface area contributed by atoms with Crippen LogP contribution in [0.2, 0.25) is 0 Å². The quantitative estimate of drug-likeness (QED) is 0.732. The molecule has 1 aliphatic rings. The number of nitrogens with one attached hydrogen (secondary N) is 1. The SMILES string of the molecule is CCc1ccc([C@@H](C(=O)NC(C)(C)CC)N(C(=O)c2csnn2)C2CC2)cc1. The summed E-state index contributed by atoms with van der Waals surface area (Å²) in [6.45, 7) is 8.12. The maximum atomic E-state index is 13.4. The van der Waals surface area contributed by atoms with Crippen LogP contribution in [0, 0.1) is 0 Å². The maximum absolute atomic E-state index is 13.4. The van der Waals surface area contributed by atoms with Crippen molar-refractivity contribution in [2.45, 2.75) is 71.0 Å². The molecule has 6 nitrogen and oxygen atoms in total. The van der Waals surface area contributed by atoms with Crippen LogP contribution in [0.4, 0.5) is 0 Å². The summed E-state index contributed by atoms with van der Waals surface area (Å²) in [5.74, 6) is -0.384. The van der Waals surface area contributed by atoms with E-state index in [2.05, 4.69) is 21.8 Å². The van der Waals surface area contributed by atoms with Crippen LogP contribution in [0.5, 0.6) is 0 Å². The van der Waals surface area contributed by atoms with Crippen LogP contribution < -0.4 is 5.32 Å². The van der Waals surface area contributed by atoms with Gasteiger partial charge in [-0.3, -0.25) is 9.59 Å². The van der Waals surface area contributed by atoms with Gasteiger partial charge in [-0.2, -0.15) is 0 Å². The van der Waals surface area contributed by atoms with Crippen molar-refractivity contribution >= 4 is 23.3 Å². The second-order valence-electron chi connectivity index (χ2n) is 7.96. The van der Waals surface area contributed by atoms with Gasteiger partial charge in [-0.15, -0.1) is 5.10 Å². The standard InChI is InChI=1S/C21H28N4O2S/c1-5-14-7-9-15(10-8-14)18(19(26)22-21(3,4)6-2)25(16-11-12-16)20(27)17-13-28-24-23-17/h7-10,13,16,18H,5-6,11-12H2,1-4H3,(H,22,26)/t18-/m0/s1. The van der Waals surface area contributed by atoms with Crippen LogP contribution in [-0.2, 0) is 11.2 Å². The molecule has 1 atom stereocenters. The number of nitrogens with zero attached hydrogens (tertiary/aromatic N) is 3. The third-order valence-corrected chi connectivity index (χ3v) is 5.83. The molecule has 0 spiro atoms. The molecule has 1 N–H and O–H groups in total. The molecule has 0 unspecified atom stereocenters. The Bertz CT molecular complexity index is 813. The molecule has 1 fully saturated rings. The Balaban J connectivity index is 2.00. The van der Waals surface area contributed by atoms with Gasteiger partial charge in [0.1, 0.15) is 6.04 Å². The van der Waals surface area contributed by atoms with Crippen molar-refractivity contribution in [3.05, 3.63) is 46.5 Å². The van der Waals surface area contributed by atoms with Crippen molar-refractivity contribution in [2.24, 2.45) is 0 Å². The van der Waals surface area contributed by atoms with Gasteiger partial charge in [0.25, 0.3) is 5.91 Å². The van der Waals surface area contributed by atoms with Gasteiger partial charge in [0.15, 0.2) is 5.69 Å². The molecular formula is C21H28N4O2S. The highest BCUT2D eigenvalue weighted by atomic mass is 32.1. The number of carbonyl (C=O) groups is 2. The Hall–Kier alpha value is -2.28. The van der Waals surface area contributed by atoms with E-state index in [1.807, 2.05) is 45.0 Å². The largest absolute Gasteiger partial charge is 0.349 e. The first-order chi connectivity index (χ1) is 13.4. The number of aromatic nitrogens is 2. The Labute approximate surface area is 170 Å². The summed E-state index contributed by atoms with van der Waals surface area (Å²) in [7, 11) is 0. The molecule has 0 radical (unpaired) electrons. The van der Waals surface area contributed by atoms with E-state index in [0.29, 0.717) is 5.69 Å². The fraction of sp³-hybridized carbons (Fsp3) is 0.524. The fourth-order valence-corrected chi connectivity index (χ4v) is 3.53. The van der Waals surface area contributed by atoms with Gasteiger partial charge >= 0.3 is 0 Å². The lowest BCUT2D eigenvalue weighted by molar-refractivity contribution is -0.127. The number of hydrogen-bond acceptors (Lipinski definition) is 5. The van der Waals surface area contributed by atoms with Crippen molar-refractivity contribution in [1.29, 1.82) is 0 Å². The molecule has 2 aromatic rings. The highest BCUT2D eigenvalue weighted by molar-refractivity contribution is 7.03. The van der Waals surface area contributed by atoms with Gasteiger partial charge in [-0.25, -0.2) is 0 Å². The summed E-state index contributed by atoms with van der Waals surface area (Å²) in [6, 6.07) is 7.36. The molecule has 0 saturated heterocycles. The van der Waals surface area contributed by atoms with Crippen molar-refractivity contribution in [2.75, 3.05) is 0 Å². The van der Waals surface area contributed by atoms with E-state index in [1.54, 1.807) is 10.3 Å². The lowest BCUT2D eigenvalue weighted by atomic mass is 9.97. The average molecular weight is 401 g/mol. The zero-order valence-corrected chi connectivity index (χ0v) is 17.8. The molecule has 2 amide bonds. The minimum Gasteiger partial charge on any atom is -0.349 e. The molecule has 3 rings (SSSR count). The monoisotopic (exact) mass is 400 g/mol. The predicted molar refractivity (Wildman–Crippen MR) is 110 cm³/mol. The Morgan fingerprint density at radius 1 is 1.25 bits per heavy atom. The highest BCUT2D eigenvalue weighted by Crippen LogP contribution is 2.36. The minimum atomic E-state index is -0.682. The maximum Gasteiger partial charge on any atom is 0.276 e. The molecule has 1 saturated carbocycles. The molecule has 1 aromatic heterocycles. The summed E-state index contributed by atoms with van der Waals surface area (Å²) in [5.41, 5.74) is 1.98. The number of amides is 2. The second kappa shape index (κ2) is 8.39. The van der Waals surface area contributed by atoms with E-state index in [4.69, 9.17) is 0 Å². The fourth-order valence-electron chi connectivity index (χ4n) is 3.10. The zero-order chi connectivity index (χ0) is 20.3. The van der Waals surface area contributed by atoms with Crippen LogP contribution in [0.3, 0.4) is 0 Å². The van der Waals surface area contributed by atoms with Crippen LogP contribution in [-0.4, -0.2) is 37.9 Å². The first kappa shape index (κ1) is 20.5. The lowest BCUT2D eigenvalue weighted by Crippen LogP contribution is -2.51. The topological polar surface area (TPSA) is 75.2 Å². The highest BCUT2D eigenvalue weighted by Gasteiger charge is 2.43. The van der Waals surface area contributed by atoms with E-state index in [9.17, 15) is 9.59 Å². The van der Waals surface area contributed by atoms with E-state index in [-0.39, 0.29) is 23.4 Å². The van der Waals surface area contributed by atoms with E-state index < -0.39 is 6.04 Å². The normalized spacial score (nSPS) is 15.1. The molecular weight excluding hydrogens is 372 g/mol. The Morgan fingerprint density at radius 2 is 1.93 bits per heavy atom. The van der Waals surface area contributed by atoms with E-state index in [1.165, 1.54) is 5.56 Å². The summed E-state index contributed by atoms with van der Waals surface area (Å²) in [6.07, 6.45) is 3.53. The Morgan fingerprint density at radius 3 is 2.43 bits per heavy atom. The molecule has 0 bridgehead atoms. The third kappa shape index (κ3) is 4.58. The smallest absolute Gasteiger partial charge is 0.276 e. The molecule has 1 aliphatic carbocycles. The molecule has 7 heteroatoms. The van der Waals surface area contributed by atoms with Crippen molar-refractivity contribution in [3.8, 4) is 0 Å². The van der Waals surface area contributed by atoms with Crippen LogP contribution in [0.25, 0.3) is 0 Å². The van der Waals surface area contributed by atoms with Crippen molar-refractivity contribution in [3.63, 3.8) is 0 Å². The van der Waals surface area contributed by atoms with Gasteiger partial charge in [0.2, 0.25) is 5.91 Å². The van der Waals surface area contributed by atoms with Gasteiger partial charge in [0, 0.05) is 17.0 Å². The summed E-state index contributed by atoms with van der Waals surface area (Å²) < 4.78 is 3.82. The average Bonchev–Trinajstić information content (AvgIpc) is 3.37. The Kier molecular flexibility index (Phi) is 6.13. The third-order valence-electron chi connectivity index (χ3n) is 5.33. The number of aryl methyl sites for hydroxylation is 1. The van der Waals surface area contributed by atoms with Crippen molar-refractivity contribution < 1.29 is 9.59 Å². The molecule has 1 aromatic carbocycles. The second-order valence-corrected chi connectivity index (χ2v) is 8.57. The van der Waals surface area contributed by atoms with Gasteiger partial charge in [-0.05, 0) is 62.2 Å². The van der Waals surface area contributed by atoms with Gasteiger partial charge in [-0.1, -0.05) is 42.6 Å². The molecule has 28 heavy (non-hydrogen) atoms. The van der Waals surface area contributed by atoms with Crippen molar-refractivity contribution in [1.82, 2.24) is 19.8 Å². The first-order valence-electron chi connectivity index (χ1n) is 9.87. The molecule has 1 heterocycles. The number of hydrogen-bond donors (Lipinski definition) is 1. The predicted octanol–water partition coefficient (Wildman–Crippen LogP) is 3.75. The summed E-state index contributed by atoms with van der Waals surface area (Å²) >= 11 is 1.14. The molecule has 150 valence electrons. The number of benzene rings is 1. The zero-order valence-electron chi connectivity index (χ0n) is 16.9. The number of rotatable bonds is 8. The van der Waals surface area contributed by atoms with Crippen LogP contribution >= 0.6 is 11.5 Å². The lowest BCUT2D eigenvalue weighted by Gasteiger charge is -2.34. The first-order valence-corrected chi connectivity index (χ1v) is 10.7. The number of carbonyl (C=O) groups excluding carboxylic acids is 2. The molecule has 0 aliphatic heterocycles. The van der Waals surface area contributed by atoms with Gasteiger partial charge in [0.05, 0.1) is 0 Å². The van der Waals surface area contributed by atoms with E-state index in [0.717, 1.165) is 42.8 Å². The van der Waals surface area contributed by atoms with Gasteiger partial charge < -0.3 is 10.2 Å². The van der Waals surface area contributed by atoms with Crippen LogP contribution in [0.15, 0.2) is 29.6 Å². The minimum absolute atomic E-state index is 0.0561.